The van der Waals surface area contributed by atoms with Crippen LogP contribution in [0.2, 0.25) is 0 Å². The first-order valence-corrected chi connectivity index (χ1v) is 7.06. The molecule has 2 atom stereocenters. The summed E-state index contributed by atoms with van der Waals surface area (Å²) < 4.78 is 5.40. The van der Waals surface area contributed by atoms with Crippen LogP contribution in [0.25, 0.3) is 0 Å². The van der Waals surface area contributed by atoms with Gasteiger partial charge in [0.05, 0.1) is 6.07 Å². The second kappa shape index (κ2) is 5.19. The Bertz CT molecular complexity index is 773. The fourth-order valence-electron chi connectivity index (χ4n) is 2.86. The quantitative estimate of drug-likeness (QED) is 0.792. The van der Waals surface area contributed by atoms with Gasteiger partial charge in [0.25, 0.3) is 0 Å². The van der Waals surface area contributed by atoms with Gasteiger partial charge < -0.3 is 9.84 Å². The van der Waals surface area contributed by atoms with E-state index in [9.17, 15) is 10.4 Å². The molecule has 0 radical (unpaired) electrons. The highest BCUT2D eigenvalue weighted by Gasteiger charge is 2.40. The average molecular weight is 296 g/mol. The van der Waals surface area contributed by atoms with Crippen molar-refractivity contribution in [2.75, 3.05) is 0 Å². The van der Waals surface area contributed by atoms with E-state index in [2.05, 4.69) is 16.3 Å². The van der Waals surface area contributed by atoms with E-state index in [-0.39, 0.29) is 23.5 Å². The highest BCUT2D eigenvalue weighted by Crippen LogP contribution is 2.44. The minimum atomic E-state index is -0.746. The molecule has 2 heterocycles. The Hall–Kier alpha value is -2.81. The number of nitriles is 1. The number of fused-ring (bicyclic) bond motifs is 1. The first-order chi connectivity index (χ1) is 10.5. The van der Waals surface area contributed by atoms with Gasteiger partial charge in [-0.3, -0.25) is 10.5 Å². The molecule has 0 amide bonds. The number of phenols is 1. The van der Waals surface area contributed by atoms with E-state index in [1.165, 1.54) is 0 Å². The largest absolute Gasteiger partial charge is 0.508 e. The molecule has 1 aliphatic heterocycles. The van der Waals surface area contributed by atoms with Gasteiger partial charge in [-0.15, -0.1) is 5.10 Å². The van der Waals surface area contributed by atoms with Crippen LogP contribution < -0.4 is 4.74 Å². The number of benzene rings is 1. The van der Waals surface area contributed by atoms with Gasteiger partial charge >= 0.3 is 0 Å². The lowest BCUT2D eigenvalue weighted by atomic mass is 9.78. The number of nitrogens with zero attached hydrogens (tertiary/aromatic N) is 2. The van der Waals surface area contributed by atoms with Crippen LogP contribution in [-0.4, -0.2) is 21.2 Å². The number of ether oxygens (including phenoxy) is 1. The number of aromatic nitrogens is 2. The molecule has 0 spiro atoms. The Morgan fingerprint density at radius 2 is 2.23 bits per heavy atom. The van der Waals surface area contributed by atoms with E-state index in [0.29, 0.717) is 5.88 Å². The molecule has 6 heteroatoms. The van der Waals surface area contributed by atoms with Crippen molar-refractivity contribution in [3.8, 4) is 17.7 Å². The van der Waals surface area contributed by atoms with Gasteiger partial charge in [0.15, 0.2) is 0 Å². The number of H-pyrrole nitrogens is 1. The van der Waals surface area contributed by atoms with Crippen molar-refractivity contribution in [3.63, 3.8) is 0 Å². The zero-order valence-electron chi connectivity index (χ0n) is 12.3. The van der Waals surface area contributed by atoms with Crippen molar-refractivity contribution < 1.29 is 9.84 Å². The van der Waals surface area contributed by atoms with Gasteiger partial charge in [-0.1, -0.05) is 26.0 Å². The molecule has 1 aromatic heterocycles. The van der Waals surface area contributed by atoms with Gasteiger partial charge in [0.2, 0.25) is 11.8 Å². The minimum Gasteiger partial charge on any atom is -0.508 e. The fourth-order valence-corrected chi connectivity index (χ4v) is 2.86. The van der Waals surface area contributed by atoms with E-state index in [0.717, 1.165) is 16.8 Å². The summed E-state index contributed by atoms with van der Waals surface area (Å²) in [6, 6.07) is 8.91. The standard InChI is InChI=1S/C16H16N4O2/c1-8(2)14-13-12(9-4-3-5-10(21)6-9)11(7-17)15(18)22-16(13)20-19-14/h3-6,8,11-12,18,21H,1-2H3,(H,19,20). The molecule has 0 saturated heterocycles. The SMILES string of the molecule is CC(C)c1[nH]nc2c1C(c1cccc(O)c1)C(C#N)C(=N)O2. The second-order valence-corrected chi connectivity index (χ2v) is 5.66. The van der Waals surface area contributed by atoms with E-state index in [1.807, 2.05) is 19.9 Å². The molecule has 1 aliphatic rings. The van der Waals surface area contributed by atoms with E-state index < -0.39 is 5.92 Å². The summed E-state index contributed by atoms with van der Waals surface area (Å²) >= 11 is 0. The maximum absolute atomic E-state index is 9.75. The van der Waals surface area contributed by atoms with Crippen molar-refractivity contribution >= 4 is 5.90 Å². The summed E-state index contributed by atoms with van der Waals surface area (Å²) in [7, 11) is 0. The van der Waals surface area contributed by atoms with Crippen LogP contribution >= 0.6 is 0 Å². The van der Waals surface area contributed by atoms with Crippen molar-refractivity contribution in [1.29, 1.82) is 10.7 Å². The summed E-state index contributed by atoms with van der Waals surface area (Å²) in [6.45, 7) is 4.04. The number of hydrogen-bond acceptors (Lipinski definition) is 5. The third kappa shape index (κ3) is 2.11. The zero-order chi connectivity index (χ0) is 15.9. The topological polar surface area (TPSA) is 106 Å². The third-order valence-electron chi connectivity index (χ3n) is 3.88. The Labute approximate surface area is 127 Å². The molecule has 3 N–H and O–H groups in total. The van der Waals surface area contributed by atoms with Gasteiger partial charge in [-0.05, 0) is 23.6 Å². The Kier molecular flexibility index (Phi) is 3.33. The molecular weight excluding hydrogens is 280 g/mol. The number of aromatic hydroxyl groups is 1. The van der Waals surface area contributed by atoms with Gasteiger partial charge in [0, 0.05) is 17.2 Å². The van der Waals surface area contributed by atoms with Gasteiger partial charge in [-0.25, -0.2) is 0 Å². The van der Waals surface area contributed by atoms with Crippen LogP contribution in [-0.2, 0) is 0 Å². The van der Waals surface area contributed by atoms with E-state index >= 15 is 0 Å². The molecular formula is C16H16N4O2. The summed E-state index contributed by atoms with van der Waals surface area (Å²) in [5.74, 6) is -0.609. The van der Waals surface area contributed by atoms with Gasteiger partial charge in [-0.2, -0.15) is 5.26 Å². The van der Waals surface area contributed by atoms with Crippen LogP contribution in [0.3, 0.4) is 0 Å². The normalized spacial score (nSPS) is 20.4. The van der Waals surface area contributed by atoms with Crippen molar-refractivity contribution in [3.05, 3.63) is 41.1 Å². The Morgan fingerprint density at radius 3 is 2.86 bits per heavy atom. The summed E-state index contributed by atoms with van der Waals surface area (Å²) in [4.78, 5) is 0. The molecule has 112 valence electrons. The third-order valence-corrected chi connectivity index (χ3v) is 3.88. The summed E-state index contributed by atoms with van der Waals surface area (Å²) in [5, 5.41) is 34.3. The number of aromatic amines is 1. The Balaban J connectivity index is 2.23. The second-order valence-electron chi connectivity index (χ2n) is 5.66. The van der Waals surface area contributed by atoms with Crippen LogP contribution in [0.5, 0.6) is 11.6 Å². The Morgan fingerprint density at radius 1 is 1.45 bits per heavy atom. The first kappa shape index (κ1) is 14.1. The first-order valence-electron chi connectivity index (χ1n) is 7.06. The lowest BCUT2D eigenvalue weighted by Crippen LogP contribution is -2.31. The number of hydrogen-bond donors (Lipinski definition) is 3. The molecule has 1 aromatic carbocycles. The predicted octanol–water partition coefficient (Wildman–Crippen LogP) is 2.88. The zero-order valence-corrected chi connectivity index (χ0v) is 12.3. The number of phenolic OH excluding ortho intramolecular Hbond substituents is 1. The smallest absolute Gasteiger partial charge is 0.243 e. The lowest BCUT2D eigenvalue weighted by Gasteiger charge is -2.28. The summed E-state index contributed by atoms with van der Waals surface area (Å²) in [6.07, 6.45) is 0. The van der Waals surface area contributed by atoms with Gasteiger partial charge in [0.1, 0.15) is 11.7 Å². The minimum absolute atomic E-state index is 0.120. The molecule has 0 fully saturated rings. The van der Waals surface area contributed by atoms with Crippen LogP contribution in [0.4, 0.5) is 0 Å². The number of nitrogens with one attached hydrogen (secondary N) is 2. The van der Waals surface area contributed by atoms with Crippen molar-refractivity contribution in [2.24, 2.45) is 5.92 Å². The maximum Gasteiger partial charge on any atom is 0.243 e. The summed E-state index contributed by atoms with van der Waals surface area (Å²) in [5.41, 5.74) is 2.45. The average Bonchev–Trinajstić information content (AvgIpc) is 2.89. The number of rotatable bonds is 2. The maximum atomic E-state index is 9.75. The molecule has 2 unspecified atom stereocenters. The molecule has 0 aliphatic carbocycles. The molecule has 2 aromatic rings. The van der Waals surface area contributed by atoms with Crippen LogP contribution in [0.1, 0.15) is 42.5 Å². The van der Waals surface area contributed by atoms with Crippen LogP contribution in [0, 0.1) is 22.7 Å². The van der Waals surface area contributed by atoms with E-state index in [4.69, 9.17) is 10.1 Å². The molecule has 0 saturated carbocycles. The molecule has 3 rings (SSSR count). The monoisotopic (exact) mass is 296 g/mol. The molecule has 22 heavy (non-hydrogen) atoms. The predicted molar refractivity (Wildman–Crippen MR) is 80.1 cm³/mol. The van der Waals surface area contributed by atoms with E-state index in [1.54, 1.807) is 18.2 Å². The van der Waals surface area contributed by atoms with Crippen molar-refractivity contribution in [1.82, 2.24) is 10.2 Å². The lowest BCUT2D eigenvalue weighted by molar-refractivity contribution is 0.434. The highest BCUT2D eigenvalue weighted by atomic mass is 16.5. The fraction of sp³-hybridized carbons (Fsp3) is 0.312. The van der Waals surface area contributed by atoms with Crippen LogP contribution in [0.15, 0.2) is 24.3 Å². The highest BCUT2D eigenvalue weighted by molar-refractivity contribution is 5.84. The van der Waals surface area contributed by atoms with Crippen molar-refractivity contribution in [2.45, 2.75) is 25.7 Å². The molecule has 6 nitrogen and oxygen atoms in total. The molecule has 0 bridgehead atoms.